The first kappa shape index (κ1) is 10.5. The van der Waals surface area contributed by atoms with E-state index in [1.807, 2.05) is 0 Å². The third-order valence-electron chi connectivity index (χ3n) is 3.20. The van der Waals surface area contributed by atoms with Crippen LogP contribution >= 0.6 is 0 Å². The van der Waals surface area contributed by atoms with E-state index in [-0.39, 0.29) is 0 Å². The smallest absolute Gasteiger partial charge is 0.0373 e. The molecule has 0 saturated carbocycles. The lowest BCUT2D eigenvalue weighted by Crippen LogP contribution is -1.90. The molecule has 0 saturated heterocycles. The fraction of sp³-hybridized carbons (Fsp3) is 0.571. The molecule has 0 radical (unpaired) electrons. The average molecular weight is 203 g/mol. The molecule has 0 bridgehead atoms. The third-order valence-corrected chi connectivity index (χ3v) is 3.20. The molecule has 1 aromatic carbocycles. The maximum atomic E-state index is 3.40. The van der Waals surface area contributed by atoms with Crippen LogP contribution < -0.4 is 5.32 Å². The maximum absolute atomic E-state index is 3.40. The first-order valence-corrected chi connectivity index (χ1v) is 6.26. The van der Waals surface area contributed by atoms with Gasteiger partial charge in [0.2, 0.25) is 0 Å². The average Bonchev–Trinajstić information content (AvgIpc) is 2.71. The lowest BCUT2D eigenvalue weighted by molar-refractivity contribution is 0.667. The maximum Gasteiger partial charge on any atom is 0.0373 e. The minimum Gasteiger partial charge on any atom is -0.384 e. The quantitative estimate of drug-likeness (QED) is 0.718. The molecule has 0 aromatic heterocycles. The molecule has 0 unspecified atom stereocenters. The molecule has 15 heavy (non-hydrogen) atoms. The Morgan fingerprint density at radius 1 is 1.20 bits per heavy atom. The monoisotopic (exact) mass is 203 g/mol. The van der Waals surface area contributed by atoms with Gasteiger partial charge in [-0.1, -0.05) is 38.3 Å². The van der Waals surface area contributed by atoms with Crippen LogP contribution in [0.1, 0.15) is 43.7 Å². The van der Waals surface area contributed by atoms with Gasteiger partial charge in [-0.15, -0.1) is 0 Å². The molecular formula is C14H21N. The summed E-state index contributed by atoms with van der Waals surface area (Å²) in [6.45, 7) is 3.38. The number of aryl methyl sites for hydroxylation is 1. The predicted octanol–water partition coefficient (Wildman–Crippen LogP) is 3.78. The predicted molar refractivity (Wildman–Crippen MR) is 66.5 cm³/mol. The van der Waals surface area contributed by atoms with Crippen LogP contribution in [0.4, 0.5) is 5.69 Å². The highest BCUT2D eigenvalue weighted by Gasteiger charge is 2.09. The Labute approximate surface area is 92.9 Å². The van der Waals surface area contributed by atoms with Crippen LogP contribution in [0.5, 0.6) is 0 Å². The summed E-state index contributed by atoms with van der Waals surface area (Å²) in [6, 6.07) is 6.92. The van der Waals surface area contributed by atoms with E-state index < -0.39 is 0 Å². The zero-order valence-electron chi connectivity index (χ0n) is 9.68. The molecular weight excluding hydrogens is 182 g/mol. The van der Waals surface area contributed by atoms with Gasteiger partial charge in [0.05, 0.1) is 0 Å². The Kier molecular flexibility index (Phi) is 3.65. The highest BCUT2D eigenvalue weighted by Crippen LogP contribution is 2.23. The summed E-state index contributed by atoms with van der Waals surface area (Å²) in [7, 11) is 0. The van der Waals surface area contributed by atoms with E-state index in [1.54, 1.807) is 0 Å². The number of hydrogen-bond acceptors (Lipinski definition) is 1. The largest absolute Gasteiger partial charge is 0.384 e. The molecule has 1 heteroatoms. The van der Waals surface area contributed by atoms with Crippen molar-refractivity contribution in [1.82, 2.24) is 0 Å². The van der Waals surface area contributed by atoms with Gasteiger partial charge in [0.1, 0.15) is 0 Å². The van der Waals surface area contributed by atoms with Crippen LogP contribution in [-0.2, 0) is 12.8 Å². The van der Waals surface area contributed by atoms with E-state index in [1.165, 1.54) is 55.3 Å². The van der Waals surface area contributed by atoms with Crippen LogP contribution in [0.25, 0.3) is 0 Å². The molecule has 1 nitrogen and oxygen atoms in total. The zero-order chi connectivity index (χ0) is 10.5. The van der Waals surface area contributed by atoms with E-state index in [0.717, 1.165) is 6.54 Å². The van der Waals surface area contributed by atoms with Crippen molar-refractivity contribution in [2.75, 3.05) is 11.9 Å². The van der Waals surface area contributed by atoms with Gasteiger partial charge in [0.25, 0.3) is 0 Å². The van der Waals surface area contributed by atoms with Crippen molar-refractivity contribution in [2.24, 2.45) is 0 Å². The van der Waals surface area contributed by atoms with Gasteiger partial charge in [-0.3, -0.25) is 0 Å². The van der Waals surface area contributed by atoms with E-state index in [4.69, 9.17) is 0 Å². The van der Waals surface area contributed by atoms with Gasteiger partial charge in [0, 0.05) is 12.2 Å². The highest BCUT2D eigenvalue weighted by atomic mass is 14.9. The van der Waals surface area contributed by atoms with Gasteiger partial charge in [-0.05, 0) is 36.5 Å². The molecule has 1 heterocycles. The number of benzene rings is 1. The number of anilines is 1. The standard InChI is InChI=1S/C14H21N/c1-2-3-4-5-6-12-7-8-14-13(11-12)9-10-15-14/h7-8,11,15H,2-6,9-10H2,1H3. The first-order valence-electron chi connectivity index (χ1n) is 6.26. The fourth-order valence-electron chi connectivity index (χ4n) is 2.27. The fourth-order valence-corrected chi connectivity index (χ4v) is 2.27. The van der Waals surface area contributed by atoms with Crippen LogP contribution in [0.2, 0.25) is 0 Å². The number of rotatable bonds is 5. The van der Waals surface area contributed by atoms with Gasteiger partial charge in [-0.2, -0.15) is 0 Å². The SMILES string of the molecule is CCCCCCc1ccc2c(c1)CCN2. The molecule has 1 aromatic rings. The van der Waals surface area contributed by atoms with Crippen molar-refractivity contribution in [3.05, 3.63) is 29.3 Å². The lowest BCUT2D eigenvalue weighted by atomic mass is 10.0. The van der Waals surface area contributed by atoms with Crippen molar-refractivity contribution in [3.63, 3.8) is 0 Å². The Morgan fingerprint density at radius 3 is 3.00 bits per heavy atom. The van der Waals surface area contributed by atoms with Crippen molar-refractivity contribution < 1.29 is 0 Å². The molecule has 0 spiro atoms. The van der Waals surface area contributed by atoms with Crippen molar-refractivity contribution in [1.29, 1.82) is 0 Å². The van der Waals surface area contributed by atoms with Crippen LogP contribution in [-0.4, -0.2) is 6.54 Å². The van der Waals surface area contributed by atoms with E-state index in [2.05, 4.69) is 30.4 Å². The number of nitrogens with one attached hydrogen (secondary N) is 1. The second-order valence-corrected chi connectivity index (χ2v) is 4.48. The van der Waals surface area contributed by atoms with E-state index in [9.17, 15) is 0 Å². The summed E-state index contributed by atoms with van der Waals surface area (Å²) in [5.41, 5.74) is 4.39. The molecule has 2 rings (SSSR count). The minimum absolute atomic E-state index is 1.12. The van der Waals surface area contributed by atoms with Gasteiger partial charge >= 0.3 is 0 Å². The normalized spacial score (nSPS) is 13.7. The van der Waals surface area contributed by atoms with Gasteiger partial charge < -0.3 is 5.32 Å². The summed E-state index contributed by atoms with van der Waals surface area (Å²) >= 11 is 0. The Bertz CT molecular complexity index is 317. The Balaban J connectivity index is 1.87. The van der Waals surface area contributed by atoms with Gasteiger partial charge in [-0.25, -0.2) is 0 Å². The minimum atomic E-state index is 1.12. The summed E-state index contributed by atoms with van der Waals surface area (Å²) < 4.78 is 0. The second kappa shape index (κ2) is 5.20. The summed E-state index contributed by atoms with van der Waals surface area (Å²) in [4.78, 5) is 0. The summed E-state index contributed by atoms with van der Waals surface area (Å²) in [5.74, 6) is 0. The lowest BCUT2D eigenvalue weighted by Gasteiger charge is -2.04. The molecule has 1 N–H and O–H groups in total. The number of unbranched alkanes of at least 4 members (excludes halogenated alkanes) is 3. The Morgan fingerprint density at radius 2 is 2.13 bits per heavy atom. The topological polar surface area (TPSA) is 12.0 Å². The molecule has 0 fully saturated rings. The summed E-state index contributed by atoms with van der Waals surface area (Å²) in [6.07, 6.45) is 7.90. The zero-order valence-corrected chi connectivity index (χ0v) is 9.68. The third kappa shape index (κ3) is 2.74. The molecule has 82 valence electrons. The van der Waals surface area contributed by atoms with Crippen LogP contribution in [0, 0.1) is 0 Å². The molecule has 1 aliphatic rings. The van der Waals surface area contributed by atoms with Gasteiger partial charge in [0.15, 0.2) is 0 Å². The molecule has 0 atom stereocenters. The number of fused-ring (bicyclic) bond motifs is 1. The number of hydrogen-bond donors (Lipinski definition) is 1. The molecule has 0 amide bonds. The van der Waals surface area contributed by atoms with E-state index >= 15 is 0 Å². The summed E-state index contributed by atoms with van der Waals surface area (Å²) in [5, 5.41) is 3.40. The van der Waals surface area contributed by atoms with E-state index in [0.29, 0.717) is 0 Å². The Hall–Kier alpha value is -0.980. The van der Waals surface area contributed by atoms with Crippen molar-refractivity contribution in [3.8, 4) is 0 Å². The van der Waals surface area contributed by atoms with Crippen molar-refractivity contribution in [2.45, 2.75) is 45.4 Å². The highest BCUT2D eigenvalue weighted by molar-refractivity contribution is 5.56. The molecule has 0 aliphatic carbocycles. The van der Waals surface area contributed by atoms with Crippen LogP contribution in [0.15, 0.2) is 18.2 Å². The second-order valence-electron chi connectivity index (χ2n) is 4.48. The van der Waals surface area contributed by atoms with Crippen molar-refractivity contribution >= 4 is 5.69 Å². The first-order chi connectivity index (χ1) is 7.40. The molecule has 1 aliphatic heterocycles. The van der Waals surface area contributed by atoms with Crippen LogP contribution in [0.3, 0.4) is 0 Å².